The lowest BCUT2D eigenvalue weighted by atomic mass is 9.77. The van der Waals surface area contributed by atoms with Gasteiger partial charge in [-0.05, 0) is 33.2 Å². The molecule has 4 heteroatoms. The Balaban J connectivity index is 2.18. The zero-order valence-electron chi connectivity index (χ0n) is 13.9. The highest BCUT2D eigenvalue weighted by atomic mass is 16.5. The van der Waals surface area contributed by atoms with E-state index in [2.05, 4.69) is 41.8 Å². The molecule has 0 saturated heterocycles. The molecule has 0 aromatic carbocycles. The van der Waals surface area contributed by atoms with E-state index in [1.807, 2.05) is 6.20 Å². The van der Waals surface area contributed by atoms with Crippen LogP contribution in [0.3, 0.4) is 0 Å². The minimum atomic E-state index is -0.00642. The summed E-state index contributed by atoms with van der Waals surface area (Å²) in [5.41, 5.74) is -0.00642. The van der Waals surface area contributed by atoms with Gasteiger partial charge in [0.2, 0.25) is 0 Å². The van der Waals surface area contributed by atoms with Crippen molar-refractivity contribution in [2.24, 2.45) is 0 Å². The highest BCUT2D eigenvalue weighted by Gasteiger charge is 2.40. The number of aryl methyl sites for hydroxylation is 1. The normalized spacial score (nSPS) is 19.6. The molecule has 1 aliphatic carbocycles. The second-order valence-electron chi connectivity index (χ2n) is 6.00. The molecule has 21 heavy (non-hydrogen) atoms. The third kappa shape index (κ3) is 3.86. The van der Waals surface area contributed by atoms with E-state index in [9.17, 15) is 0 Å². The molecular formula is C17H31N3O. The Morgan fingerprint density at radius 2 is 2.05 bits per heavy atom. The van der Waals surface area contributed by atoms with Crippen molar-refractivity contribution in [3.8, 4) is 0 Å². The third-order valence-corrected chi connectivity index (χ3v) is 4.75. The molecule has 1 saturated carbocycles. The Kier molecular flexibility index (Phi) is 6.24. The molecular weight excluding hydrogens is 262 g/mol. The number of hydrogen-bond donors (Lipinski definition) is 1. The SMILES string of the molecule is CCNC(Cc1nccn1CC)C1(OCC)CCCCC1. The predicted molar refractivity (Wildman–Crippen MR) is 86.5 cm³/mol. The first-order chi connectivity index (χ1) is 10.3. The second kappa shape index (κ2) is 7.95. The van der Waals surface area contributed by atoms with E-state index < -0.39 is 0 Å². The van der Waals surface area contributed by atoms with Crippen LogP contribution in [-0.4, -0.2) is 34.3 Å². The Bertz CT molecular complexity index is 404. The van der Waals surface area contributed by atoms with E-state index in [0.717, 1.165) is 26.1 Å². The molecule has 1 heterocycles. The number of ether oxygens (including phenoxy) is 1. The lowest BCUT2D eigenvalue weighted by Gasteiger charge is -2.43. The van der Waals surface area contributed by atoms with Gasteiger partial charge >= 0.3 is 0 Å². The molecule has 1 aliphatic rings. The lowest BCUT2D eigenvalue weighted by Crippen LogP contribution is -2.55. The quantitative estimate of drug-likeness (QED) is 0.800. The minimum Gasteiger partial charge on any atom is -0.374 e. The number of likely N-dealkylation sites (N-methyl/N-ethyl adjacent to an activating group) is 1. The van der Waals surface area contributed by atoms with Gasteiger partial charge in [-0.3, -0.25) is 0 Å². The topological polar surface area (TPSA) is 39.1 Å². The summed E-state index contributed by atoms with van der Waals surface area (Å²) in [4.78, 5) is 4.56. The molecule has 0 aliphatic heterocycles. The van der Waals surface area contributed by atoms with Gasteiger partial charge in [-0.25, -0.2) is 4.98 Å². The van der Waals surface area contributed by atoms with Crippen LogP contribution in [0.15, 0.2) is 12.4 Å². The van der Waals surface area contributed by atoms with Crippen LogP contribution < -0.4 is 5.32 Å². The molecule has 4 nitrogen and oxygen atoms in total. The highest BCUT2D eigenvalue weighted by molar-refractivity contribution is 5.03. The molecule has 0 bridgehead atoms. The number of imidazole rings is 1. The first kappa shape index (κ1) is 16.5. The van der Waals surface area contributed by atoms with Crippen LogP contribution in [0.2, 0.25) is 0 Å². The summed E-state index contributed by atoms with van der Waals surface area (Å²) in [5.74, 6) is 1.17. The Hall–Kier alpha value is -0.870. The Morgan fingerprint density at radius 3 is 2.67 bits per heavy atom. The average molecular weight is 293 g/mol. The Labute approximate surface area is 129 Å². The fraction of sp³-hybridized carbons (Fsp3) is 0.824. The molecule has 2 rings (SSSR count). The summed E-state index contributed by atoms with van der Waals surface area (Å²) < 4.78 is 8.55. The monoisotopic (exact) mass is 293 g/mol. The summed E-state index contributed by atoms with van der Waals surface area (Å²) in [7, 11) is 0. The third-order valence-electron chi connectivity index (χ3n) is 4.75. The largest absolute Gasteiger partial charge is 0.374 e. The molecule has 0 radical (unpaired) electrons. The average Bonchev–Trinajstić information content (AvgIpc) is 2.95. The first-order valence-electron chi connectivity index (χ1n) is 8.63. The fourth-order valence-corrected chi connectivity index (χ4v) is 3.72. The number of nitrogens with zero attached hydrogens (tertiary/aromatic N) is 2. The maximum atomic E-state index is 6.31. The first-order valence-corrected chi connectivity index (χ1v) is 8.63. The van der Waals surface area contributed by atoms with E-state index in [1.54, 1.807) is 0 Å². The van der Waals surface area contributed by atoms with Crippen molar-refractivity contribution in [1.82, 2.24) is 14.9 Å². The molecule has 1 atom stereocenters. The molecule has 1 fully saturated rings. The van der Waals surface area contributed by atoms with E-state index in [-0.39, 0.29) is 5.60 Å². The van der Waals surface area contributed by atoms with Gasteiger partial charge in [0.15, 0.2) is 0 Å². The van der Waals surface area contributed by atoms with Crippen molar-refractivity contribution < 1.29 is 4.74 Å². The molecule has 0 amide bonds. The zero-order valence-corrected chi connectivity index (χ0v) is 13.9. The summed E-state index contributed by atoms with van der Waals surface area (Å²) in [5, 5.41) is 3.69. The van der Waals surface area contributed by atoms with E-state index >= 15 is 0 Å². The van der Waals surface area contributed by atoms with Crippen LogP contribution >= 0.6 is 0 Å². The Morgan fingerprint density at radius 1 is 1.29 bits per heavy atom. The van der Waals surface area contributed by atoms with Crippen molar-refractivity contribution in [2.75, 3.05) is 13.2 Å². The van der Waals surface area contributed by atoms with Gasteiger partial charge in [-0.1, -0.05) is 26.2 Å². The zero-order chi connectivity index (χ0) is 15.1. The number of hydrogen-bond acceptors (Lipinski definition) is 3. The van der Waals surface area contributed by atoms with Gasteiger partial charge in [-0.15, -0.1) is 0 Å². The minimum absolute atomic E-state index is 0.00642. The van der Waals surface area contributed by atoms with Crippen LogP contribution in [0, 0.1) is 0 Å². The van der Waals surface area contributed by atoms with Gasteiger partial charge < -0.3 is 14.6 Å². The van der Waals surface area contributed by atoms with Gasteiger partial charge in [-0.2, -0.15) is 0 Å². The van der Waals surface area contributed by atoms with E-state index in [1.165, 1.54) is 37.9 Å². The van der Waals surface area contributed by atoms with Crippen molar-refractivity contribution in [1.29, 1.82) is 0 Å². The number of rotatable bonds is 8. The van der Waals surface area contributed by atoms with Crippen LogP contribution in [0.4, 0.5) is 0 Å². The van der Waals surface area contributed by atoms with Gasteiger partial charge in [0, 0.05) is 38.0 Å². The standard InChI is InChI=1S/C17H31N3O/c1-4-18-15(14-16-19-12-13-20(16)5-2)17(21-6-3)10-8-7-9-11-17/h12-13,15,18H,4-11,14H2,1-3H3. The van der Waals surface area contributed by atoms with Gasteiger partial charge in [0.05, 0.1) is 5.60 Å². The number of nitrogens with one attached hydrogen (secondary N) is 1. The van der Waals surface area contributed by atoms with Crippen molar-refractivity contribution in [2.45, 2.75) is 77.5 Å². The summed E-state index contributed by atoms with van der Waals surface area (Å²) >= 11 is 0. The molecule has 1 N–H and O–H groups in total. The van der Waals surface area contributed by atoms with Crippen molar-refractivity contribution >= 4 is 0 Å². The molecule has 0 spiro atoms. The maximum Gasteiger partial charge on any atom is 0.110 e. The van der Waals surface area contributed by atoms with Crippen LogP contribution in [0.25, 0.3) is 0 Å². The second-order valence-corrected chi connectivity index (χ2v) is 6.00. The fourth-order valence-electron chi connectivity index (χ4n) is 3.72. The van der Waals surface area contributed by atoms with Crippen LogP contribution in [-0.2, 0) is 17.7 Å². The van der Waals surface area contributed by atoms with E-state index in [0.29, 0.717) is 6.04 Å². The van der Waals surface area contributed by atoms with Crippen LogP contribution in [0.1, 0.15) is 58.7 Å². The summed E-state index contributed by atoms with van der Waals surface area (Å²) in [6, 6.07) is 0.357. The van der Waals surface area contributed by atoms with E-state index in [4.69, 9.17) is 4.74 Å². The van der Waals surface area contributed by atoms with Crippen molar-refractivity contribution in [3.05, 3.63) is 18.2 Å². The summed E-state index contributed by atoms with van der Waals surface area (Å²) in [6.07, 6.45) is 11.2. The molecule has 1 unspecified atom stereocenters. The van der Waals surface area contributed by atoms with Crippen LogP contribution in [0.5, 0.6) is 0 Å². The maximum absolute atomic E-state index is 6.31. The smallest absolute Gasteiger partial charge is 0.110 e. The van der Waals surface area contributed by atoms with Crippen molar-refractivity contribution in [3.63, 3.8) is 0 Å². The summed E-state index contributed by atoms with van der Waals surface area (Å²) in [6.45, 7) is 9.23. The number of aromatic nitrogens is 2. The molecule has 1 aromatic heterocycles. The predicted octanol–water partition coefficient (Wildman–Crippen LogP) is 3.16. The van der Waals surface area contributed by atoms with Gasteiger partial charge in [0.25, 0.3) is 0 Å². The molecule has 120 valence electrons. The lowest BCUT2D eigenvalue weighted by molar-refractivity contribution is -0.0899. The van der Waals surface area contributed by atoms with Gasteiger partial charge in [0.1, 0.15) is 5.82 Å². The highest BCUT2D eigenvalue weighted by Crippen LogP contribution is 2.35. The molecule has 1 aromatic rings.